The number of carbonyl (C=O) groups excluding carboxylic acids is 2. The number of sulfonamides is 1. The van der Waals surface area contributed by atoms with Gasteiger partial charge in [-0.3, -0.25) is 4.79 Å². The maximum atomic E-state index is 12.9. The van der Waals surface area contributed by atoms with Gasteiger partial charge in [-0.25, -0.2) is 13.2 Å². The zero-order valence-electron chi connectivity index (χ0n) is 17.3. The second-order valence-corrected chi connectivity index (χ2v) is 9.79. The molecule has 1 fully saturated rings. The van der Waals surface area contributed by atoms with Crippen molar-refractivity contribution in [3.8, 4) is 0 Å². The van der Waals surface area contributed by atoms with Crippen LogP contribution in [0.15, 0.2) is 29.2 Å². The van der Waals surface area contributed by atoms with Gasteiger partial charge in [0.1, 0.15) is 0 Å². The average molecular weight is 453 g/mol. The fourth-order valence-electron chi connectivity index (χ4n) is 3.50. The Hall–Kier alpha value is -2.16. The number of carbonyl (C=O) groups is 2. The summed E-state index contributed by atoms with van der Waals surface area (Å²) in [5.74, 6) is -1.17. The molecule has 1 aliphatic heterocycles. The van der Waals surface area contributed by atoms with Crippen molar-refractivity contribution in [2.45, 2.75) is 38.0 Å². The zero-order chi connectivity index (χ0) is 22.1. The normalized spacial score (nSPS) is 15.2. The van der Waals surface area contributed by atoms with Crippen molar-refractivity contribution in [2.75, 3.05) is 19.7 Å². The van der Waals surface area contributed by atoms with Gasteiger partial charge in [-0.15, -0.1) is 0 Å². The topological polar surface area (TPSA) is 85.7 Å². The van der Waals surface area contributed by atoms with E-state index in [0.29, 0.717) is 18.7 Å². The number of halogens is 1. The number of ketones is 1. The third-order valence-corrected chi connectivity index (χ3v) is 7.74. The van der Waals surface area contributed by atoms with Gasteiger partial charge in [-0.2, -0.15) is 4.31 Å². The highest BCUT2D eigenvalue weighted by Gasteiger charge is 2.28. The first-order valence-corrected chi connectivity index (χ1v) is 11.6. The molecule has 0 saturated carbocycles. The predicted octanol–water partition coefficient (Wildman–Crippen LogP) is 3.51. The molecule has 0 radical (unpaired) electrons. The van der Waals surface area contributed by atoms with Crippen LogP contribution in [0.3, 0.4) is 0 Å². The highest BCUT2D eigenvalue weighted by Crippen LogP contribution is 2.26. The van der Waals surface area contributed by atoms with Gasteiger partial charge >= 0.3 is 5.97 Å². The summed E-state index contributed by atoms with van der Waals surface area (Å²) in [6, 6.07) is 5.70. The van der Waals surface area contributed by atoms with E-state index in [1.54, 1.807) is 6.07 Å². The van der Waals surface area contributed by atoms with Crippen molar-refractivity contribution in [2.24, 2.45) is 7.05 Å². The van der Waals surface area contributed by atoms with Gasteiger partial charge in [0.2, 0.25) is 15.8 Å². The van der Waals surface area contributed by atoms with Crippen LogP contribution in [-0.4, -0.2) is 48.7 Å². The summed E-state index contributed by atoms with van der Waals surface area (Å²) in [5, 5.41) is 0.0665. The van der Waals surface area contributed by atoms with Crippen LogP contribution < -0.4 is 0 Å². The van der Waals surface area contributed by atoms with E-state index in [2.05, 4.69) is 0 Å². The van der Waals surface area contributed by atoms with Crippen molar-refractivity contribution < 1.29 is 22.7 Å². The number of hydrogen-bond donors (Lipinski definition) is 0. The molecule has 1 aromatic heterocycles. The molecule has 1 aromatic carbocycles. The summed E-state index contributed by atoms with van der Waals surface area (Å²) in [7, 11) is -1.87. The number of ether oxygens (including phenoxy) is 1. The van der Waals surface area contributed by atoms with Crippen molar-refractivity contribution in [3.05, 3.63) is 51.8 Å². The molecule has 7 nitrogen and oxygen atoms in total. The van der Waals surface area contributed by atoms with Crippen molar-refractivity contribution in [1.82, 2.24) is 8.87 Å². The largest absolute Gasteiger partial charge is 0.454 e. The molecule has 30 heavy (non-hydrogen) atoms. The van der Waals surface area contributed by atoms with Crippen molar-refractivity contribution in [3.63, 3.8) is 0 Å². The molecule has 0 unspecified atom stereocenters. The molecule has 1 saturated heterocycles. The van der Waals surface area contributed by atoms with Gasteiger partial charge in [0.25, 0.3) is 0 Å². The van der Waals surface area contributed by atoms with Crippen LogP contribution in [0.1, 0.15) is 51.4 Å². The Morgan fingerprint density at radius 2 is 1.73 bits per heavy atom. The van der Waals surface area contributed by atoms with Crippen molar-refractivity contribution >= 4 is 33.4 Å². The van der Waals surface area contributed by atoms with E-state index in [-0.39, 0.29) is 21.3 Å². The predicted molar refractivity (Wildman–Crippen MR) is 114 cm³/mol. The molecule has 3 rings (SSSR count). The first-order chi connectivity index (χ1) is 14.1. The summed E-state index contributed by atoms with van der Waals surface area (Å²) in [6.45, 7) is 4.14. The van der Waals surface area contributed by atoms with Gasteiger partial charge < -0.3 is 9.30 Å². The number of nitrogens with zero attached hydrogens (tertiary/aromatic N) is 2. The fourth-order valence-corrected chi connectivity index (χ4v) is 5.24. The summed E-state index contributed by atoms with van der Waals surface area (Å²) in [6.07, 6.45) is 2.61. The molecule has 2 heterocycles. The number of rotatable bonds is 6. The Kier molecular flexibility index (Phi) is 6.69. The molecule has 9 heteroatoms. The van der Waals surface area contributed by atoms with Gasteiger partial charge in [-0.1, -0.05) is 18.0 Å². The number of benzene rings is 1. The molecule has 2 aromatic rings. The third-order valence-electron chi connectivity index (χ3n) is 5.52. The van der Waals surface area contributed by atoms with E-state index < -0.39 is 22.6 Å². The number of esters is 1. The van der Waals surface area contributed by atoms with Gasteiger partial charge in [0.15, 0.2) is 6.61 Å². The van der Waals surface area contributed by atoms with Crippen LogP contribution in [0.2, 0.25) is 5.02 Å². The zero-order valence-corrected chi connectivity index (χ0v) is 18.8. The quantitative estimate of drug-likeness (QED) is 0.494. The van der Waals surface area contributed by atoms with E-state index in [4.69, 9.17) is 16.3 Å². The van der Waals surface area contributed by atoms with Crippen molar-refractivity contribution in [1.29, 1.82) is 0 Å². The lowest BCUT2D eigenvalue weighted by Gasteiger charge is -2.26. The molecule has 0 aliphatic carbocycles. The molecule has 0 bridgehead atoms. The second kappa shape index (κ2) is 8.91. The molecular weight excluding hydrogens is 428 g/mol. The van der Waals surface area contributed by atoms with E-state index in [1.807, 2.05) is 25.5 Å². The minimum absolute atomic E-state index is 0.0124. The Bertz CT molecular complexity index is 1090. The number of hydrogen-bond acceptors (Lipinski definition) is 5. The van der Waals surface area contributed by atoms with Gasteiger partial charge in [-0.05, 0) is 51.0 Å². The standard InChI is InChI=1S/C21H25ClN2O5S/c1-14-11-17(15(2)23(14)3)20(25)13-29-21(26)18-12-16(7-8-19(18)22)30(27,28)24-9-5-4-6-10-24/h7-8,11-12H,4-6,9-10,13H2,1-3H3. The fraction of sp³-hybridized carbons (Fsp3) is 0.429. The van der Waals surface area contributed by atoms with Crippen LogP contribution in [0.25, 0.3) is 0 Å². The summed E-state index contributed by atoms with van der Waals surface area (Å²) < 4.78 is 34.2. The minimum Gasteiger partial charge on any atom is -0.454 e. The molecule has 0 atom stereocenters. The number of piperidine rings is 1. The Balaban J connectivity index is 1.76. The second-order valence-electron chi connectivity index (χ2n) is 7.45. The lowest BCUT2D eigenvalue weighted by molar-refractivity contribution is 0.0474. The minimum atomic E-state index is -3.72. The highest BCUT2D eigenvalue weighted by atomic mass is 35.5. The molecular formula is C21H25ClN2O5S. The van der Waals surface area contributed by atoms with E-state index in [9.17, 15) is 18.0 Å². The van der Waals surface area contributed by atoms with E-state index in [0.717, 1.165) is 30.7 Å². The first kappa shape index (κ1) is 22.5. The van der Waals surface area contributed by atoms with Crippen LogP contribution in [0.5, 0.6) is 0 Å². The van der Waals surface area contributed by atoms with E-state index >= 15 is 0 Å². The molecule has 162 valence electrons. The van der Waals surface area contributed by atoms with Crippen LogP contribution in [-0.2, 0) is 21.8 Å². The lowest BCUT2D eigenvalue weighted by atomic mass is 10.1. The Morgan fingerprint density at radius 3 is 2.33 bits per heavy atom. The third kappa shape index (κ3) is 4.45. The number of aryl methyl sites for hydroxylation is 1. The average Bonchev–Trinajstić information content (AvgIpc) is 3.00. The summed E-state index contributed by atoms with van der Waals surface area (Å²) in [5.41, 5.74) is 2.10. The lowest BCUT2D eigenvalue weighted by Crippen LogP contribution is -2.35. The van der Waals surface area contributed by atoms with Crippen LogP contribution in [0.4, 0.5) is 0 Å². The van der Waals surface area contributed by atoms with E-state index in [1.165, 1.54) is 22.5 Å². The van der Waals surface area contributed by atoms with Gasteiger partial charge in [0.05, 0.1) is 15.5 Å². The number of Topliss-reactive ketones (excluding diaryl/α,β-unsaturated/α-hetero) is 1. The Labute approximate surface area is 181 Å². The maximum Gasteiger partial charge on any atom is 0.340 e. The molecule has 0 amide bonds. The summed E-state index contributed by atoms with van der Waals surface area (Å²) in [4.78, 5) is 25.0. The SMILES string of the molecule is Cc1cc(C(=O)COC(=O)c2cc(S(=O)(=O)N3CCCCC3)ccc2Cl)c(C)n1C. The highest BCUT2D eigenvalue weighted by molar-refractivity contribution is 7.89. The van der Waals surface area contributed by atoms with Gasteiger partial charge in [0, 0.05) is 37.1 Å². The smallest absolute Gasteiger partial charge is 0.340 e. The number of aromatic nitrogens is 1. The monoisotopic (exact) mass is 452 g/mol. The van der Waals surface area contributed by atoms with Crippen LogP contribution >= 0.6 is 11.6 Å². The molecule has 1 aliphatic rings. The molecule has 0 N–H and O–H groups in total. The summed E-state index contributed by atoms with van der Waals surface area (Å²) >= 11 is 6.11. The first-order valence-electron chi connectivity index (χ1n) is 9.76. The molecule has 0 spiro atoms. The maximum absolute atomic E-state index is 12.9. The Morgan fingerprint density at radius 1 is 1.07 bits per heavy atom. The van der Waals surface area contributed by atoms with Crippen LogP contribution in [0, 0.1) is 13.8 Å².